The summed E-state index contributed by atoms with van der Waals surface area (Å²) in [5.74, 6) is 0.135. The van der Waals surface area contributed by atoms with Crippen LogP contribution in [0.2, 0.25) is 5.02 Å². The lowest BCUT2D eigenvalue weighted by Gasteiger charge is -2.13. The van der Waals surface area contributed by atoms with E-state index in [1.165, 1.54) is 4.90 Å². The van der Waals surface area contributed by atoms with Crippen LogP contribution in [0.15, 0.2) is 79.0 Å². The number of benzene rings is 3. The Bertz CT molecular complexity index is 1350. The van der Waals surface area contributed by atoms with E-state index in [1.54, 1.807) is 50.3 Å². The van der Waals surface area contributed by atoms with Gasteiger partial charge in [-0.1, -0.05) is 41.9 Å². The molecule has 1 N–H and O–H groups in total. The third-order valence-electron chi connectivity index (χ3n) is 5.42. The van der Waals surface area contributed by atoms with Crippen molar-refractivity contribution in [3.05, 3.63) is 101 Å². The molecule has 0 radical (unpaired) electrons. The van der Waals surface area contributed by atoms with Gasteiger partial charge in [0.25, 0.3) is 11.8 Å². The number of rotatable bonds is 7. The summed E-state index contributed by atoms with van der Waals surface area (Å²) in [5.41, 5.74) is 3.50. The molecule has 0 saturated carbocycles. The van der Waals surface area contributed by atoms with Crippen LogP contribution in [-0.2, 0) is 6.54 Å². The summed E-state index contributed by atoms with van der Waals surface area (Å²) in [6.45, 7) is 0.505. The molecule has 0 saturated heterocycles. The lowest BCUT2D eigenvalue weighted by Crippen LogP contribution is -2.22. The van der Waals surface area contributed by atoms with Crippen LogP contribution < -0.4 is 10.1 Å². The molecule has 8 heteroatoms. The van der Waals surface area contributed by atoms with Gasteiger partial charge in [-0.15, -0.1) is 0 Å². The lowest BCUT2D eigenvalue weighted by atomic mass is 10.1. The molecule has 4 aromatic rings. The summed E-state index contributed by atoms with van der Waals surface area (Å²) >= 11 is 6.34. The second-order valence-corrected chi connectivity index (χ2v) is 8.56. The topological polar surface area (TPSA) is 76.5 Å². The first-order chi connectivity index (χ1) is 16.9. The second-order valence-electron chi connectivity index (χ2n) is 8.15. The summed E-state index contributed by atoms with van der Waals surface area (Å²) in [4.78, 5) is 27.3. The van der Waals surface area contributed by atoms with Crippen molar-refractivity contribution in [3.63, 3.8) is 0 Å². The SMILES string of the molecule is COc1ccc(-c2nn(Cc3ccccc3)cc2C(=O)Nc2cc(C(=O)N(C)C)ccc2Cl)cc1. The maximum Gasteiger partial charge on any atom is 0.259 e. The highest BCUT2D eigenvalue weighted by Crippen LogP contribution is 2.28. The zero-order chi connectivity index (χ0) is 24.9. The largest absolute Gasteiger partial charge is 0.497 e. The number of anilines is 1. The first-order valence-corrected chi connectivity index (χ1v) is 11.3. The number of nitrogens with zero attached hydrogens (tertiary/aromatic N) is 3. The van der Waals surface area contributed by atoms with Crippen LogP contribution >= 0.6 is 11.6 Å². The molecule has 0 atom stereocenters. The fraction of sp³-hybridized carbons (Fsp3) is 0.148. The number of amides is 2. The first kappa shape index (κ1) is 24.0. The van der Waals surface area contributed by atoms with Gasteiger partial charge < -0.3 is 15.0 Å². The molecule has 0 aliphatic carbocycles. The van der Waals surface area contributed by atoms with Gasteiger partial charge in [-0.2, -0.15) is 5.10 Å². The molecule has 0 fully saturated rings. The maximum atomic E-state index is 13.4. The lowest BCUT2D eigenvalue weighted by molar-refractivity contribution is 0.0827. The summed E-state index contributed by atoms with van der Waals surface area (Å²) < 4.78 is 6.99. The van der Waals surface area contributed by atoms with Gasteiger partial charge in [0.15, 0.2) is 0 Å². The van der Waals surface area contributed by atoms with Crippen LogP contribution in [0, 0.1) is 0 Å². The molecule has 1 heterocycles. The fourth-order valence-corrected chi connectivity index (χ4v) is 3.77. The monoisotopic (exact) mass is 488 g/mol. The van der Waals surface area contributed by atoms with E-state index in [-0.39, 0.29) is 11.8 Å². The van der Waals surface area contributed by atoms with Crippen molar-refractivity contribution in [3.8, 4) is 17.0 Å². The highest BCUT2D eigenvalue weighted by atomic mass is 35.5. The maximum absolute atomic E-state index is 13.4. The van der Waals surface area contributed by atoms with E-state index >= 15 is 0 Å². The third-order valence-corrected chi connectivity index (χ3v) is 5.75. The number of carbonyl (C=O) groups excluding carboxylic acids is 2. The predicted octanol–water partition coefficient (Wildman–Crippen LogP) is 5.21. The van der Waals surface area contributed by atoms with Crippen molar-refractivity contribution in [2.75, 3.05) is 26.5 Å². The van der Waals surface area contributed by atoms with Gasteiger partial charge in [0, 0.05) is 31.4 Å². The van der Waals surface area contributed by atoms with E-state index < -0.39 is 0 Å². The molecule has 7 nitrogen and oxygen atoms in total. The minimum atomic E-state index is -0.383. The number of hydrogen-bond acceptors (Lipinski definition) is 4. The number of ether oxygens (including phenoxy) is 1. The predicted molar refractivity (Wildman–Crippen MR) is 137 cm³/mol. The molecule has 1 aromatic heterocycles. The smallest absolute Gasteiger partial charge is 0.259 e. The van der Waals surface area contributed by atoms with Crippen LogP contribution in [0.1, 0.15) is 26.3 Å². The Morgan fingerprint density at radius 2 is 1.74 bits per heavy atom. The summed E-state index contributed by atoms with van der Waals surface area (Å²) in [6.07, 6.45) is 1.71. The van der Waals surface area contributed by atoms with Gasteiger partial charge in [-0.05, 0) is 48.0 Å². The normalized spacial score (nSPS) is 10.6. The number of halogens is 1. The van der Waals surface area contributed by atoms with E-state index in [9.17, 15) is 9.59 Å². The summed E-state index contributed by atoms with van der Waals surface area (Å²) in [5, 5.41) is 7.89. The molecule has 3 aromatic carbocycles. The number of nitrogens with one attached hydrogen (secondary N) is 1. The van der Waals surface area contributed by atoms with Gasteiger partial charge >= 0.3 is 0 Å². The molecule has 0 bridgehead atoms. The Morgan fingerprint density at radius 1 is 1.03 bits per heavy atom. The molecule has 4 rings (SSSR count). The van der Waals surface area contributed by atoms with Crippen LogP contribution in [0.4, 0.5) is 5.69 Å². The highest BCUT2D eigenvalue weighted by molar-refractivity contribution is 6.34. The first-order valence-electron chi connectivity index (χ1n) is 10.9. The second kappa shape index (κ2) is 10.4. The zero-order valence-electron chi connectivity index (χ0n) is 19.7. The van der Waals surface area contributed by atoms with Crippen molar-refractivity contribution < 1.29 is 14.3 Å². The quantitative estimate of drug-likeness (QED) is 0.387. The van der Waals surface area contributed by atoms with E-state index in [0.29, 0.717) is 39.8 Å². The number of aromatic nitrogens is 2. The zero-order valence-corrected chi connectivity index (χ0v) is 20.4. The van der Waals surface area contributed by atoms with Gasteiger partial charge in [0.1, 0.15) is 11.4 Å². The van der Waals surface area contributed by atoms with Gasteiger partial charge in [-0.25, -0.2) is 0 Å². The Balaban J connectivity index is 1.69. The van der Waals surface area contributed by atoms with Crippen molar-refractivity contribution in [1.29, 1.82) is 0 Å². The Morgan fingerprint density at radius 3 is 2.40 bits per heavy atom. The summed E-state index contributed by atoms with van der Waals surface area (Å²) in [7, 11) is 4.93. The van der Waals surface area contributed by atoms with Crippen molar-refractivity contribution in [2.24, 2.45) is 0 Å². The van der Waals surface area contributed by atoms with E-state index in [4.69, 9.17) is 21.4 Å². The van der Waals surface area contributed by atoms with Crippen LogP contribution in [0.3, 0.4) is 0 Å². The number of carbonyl (C=O) groups is 2. The molecule has 0 aliphatic rings. The minimum Gasteiger partial charge on any atom is -0.497 e. The summed E-state index contributed by atoms with van der Waals surface area (Å²) in [6, 6.07) is 22.0. The van der Waals surface area contributed by atoms with Crippen LogP contribution in [0.5, 0.6) is 5.75 Å². The average Bonchev–Trinajstić information content (AvgIpc) is 3.29. The Labute approximate surface area is 208 Å². The third kappa shape index (κ3) is 5.53. The Kier molecular flexibility index (Phi) is 7.17. The van der Waals surface area contributed by atoms with E-state index in [0.717, 1.165) is 11.1 Å². The van der Waals surface area contributed by atoms with Gasteiger partial charge in [0.05, 0.1) is 29.9 Å². The van der Waals surface area contributed by atoms with E-state index in [1.807, 2.05) is 54.6 Å². The van der Waals surface area contributed by atoms with Crippen molar-refractivity contribution in [2.45, 2.75) is 6.54 Å². The fourth-order valence-electron chi connectivity index (χ4n) is 3.60. The molecule has 2 amide bonds. The van der Waals surface area contributed by atoms with Crippen molar-refractivity contribution >= 4 is 29.1 Å². The van der Waals surface area contributed by atoms with Crippen LogP contribution in [-0.4, -0.2) is 47.7 Å². The van der Waals surface area contributed by atoms with Crippen LogP contribution in [0.25, 0.3) is 11.3 Å². The molecule has 0 spiro atoms. The molecule has 0 unspecified atom stereocenters. The molecular formula is C27H25ClN4O3. The standard InChI is InChI=1S/C27H25ClN4O3/c1-31(2)27(34)20-11-14-23(28)24(15-20)29-26(33)22-17-32(16-18-7-5-4-6-8-18)30-25(22)19-9-12-21(35-3)13-10-19/h4-15,17H,16H2,1-3H3,(H,29,33). The minimum absolute atomic E-state index is 0.188. The Hall–Kier alpha value is -4.10. The number of hydrogen-bond donors (Lipinski definition) is 1. The van der Waals surface area contributed by atoms with Gasteiger partial charge in [-0.3, -0.25) is 14.3 Å². The van der Waals surface area contributed by atoms with Crippen molar-refractivity contribution in [1.82, 2.24) is 14.7 Å². The molecule has 178 valence electrons. The number of methoxy groups -OCH3 is 1. The molecule has 0 aliphatic heterocycles. The van der Waals surface area contributed by atoms with Gasteiger partial charge in [0.2, 0.25) is 0 Å². The molecular weight excluding hydrogens is 464 g/mol. The van der Waals surface area contributed by atoms with E-state index in [2.05, 4.69) is 5.32 Å². The highest BCUT2D eigenvalue weighted by Gasteiger charge is 2.20. The average molecular weight is 489 g/mol. The molecule has 35 heavy (non-hydrogen) atoms.